The van der Waals surface area contributed by atoms with Crippen LogP contribution >= 0.6 is 0 Å². The van der Waals surface area contributed by atoms with Crippen molar-refractivity contribution >= 4 is 11.9 Å². The molecule has 98 valence electrons. The monoisotopic (exact) mass is 251 g/mol. The minimum atomic E-state index is -0.885. The molecule has 0 aromatic carbocycles. The first kappa shape index (κ1) is 12.7. The zero-order valence-electron chi connectivity index (χ0n) is 10.5. The molecule has 1 atom stereocenters. The molecule has 18 heavy (non-hydrogen) atoms. The molecule has 1 aliphatic carbocycles. The third-order valence-electron chi connectivity index (χ3n) is 3.20. The van der Waals surface area contributed by atoms with E-state index in [0.29, 0.717) is 5.76 Å². The van der Waals surface area contributed by atoms with Gasteiger partial charge in [0.2, 0.25) is 0 Å². The summed E-state index contributed by atoms with van der Waals surface area (Å²) in [6.07, 6.45) is 3.37. The van der Waals surface area contributed by atoms with Gasteiger partial charge in [0.1, 0.15) is 0 Å². The molecule has 1 heterocycles. The van der Waals surface area contributed by atoms with E-state index in [4.69, 9.17) is 9.52 Å². The molecule has 1 aromatic heterocycles. The summed E-state index contributed by atoms with van der Waals surface area (Å²) in [6, 6.07) is 1.91. The lowest BCUT2D eigenvalue weighted by atomic mass is 10.1. The number of aryl methyl sites for hydroxylation is 1. The highest BCUT2D eigenvalue weighted by atomic mass is 16.4. The maximum absolute atomic E-state index is 12.3. The van der Waals surface area contributed by atoms with E-state index in [1.54, 1.807) is 17.9 Å². The Kier molecular flexibility index (Phi) is 3.41. The lowest BCUT2D eigenvalue weighted by molar-refractivity contribution is -0.141. The van der Waals surface area contributed by atoms with Gasteiger partial charge in [0.05, 0.1) is 12.2 Å². The molecule has 1 N–H and O–H groups in total. The number of rotatable bonds is 5. The van der Waals surface area contributed by atoms with Gasteiger partial charge in [-0.05, 0) is 25.8 Å². The maximum atomic E-state index is 12.3. The van der Waals surface area contributed by atoms with Crippen molar-refractivity contribution in [3.8, 4) is 0 Å². The number of carboxylic acids is 1. The summed E-state index contributed by atoms with van der Waals surface area (Å²) >= 11 is 0. The minimum Gasteiger partial charge on any atom is -0.481 e. The average Bonchev–Trinajstić information content (AvgIpc) is 3.07. The Morgan fingerprint density at radius 2 is 2.22 bits per heavy atom. The van der Waals surface area contributed by atoms with E-state index in [1.807, 2.05) is 6.92 Å². The zero-order valence-corrected chi connectivity index (χ0v) is 10.5. The number of hydrogen-bond donors (Lipinski definition) is 1. The number of furan rings is 1. The van der Waals surface area contributed by atoms with Gasteiger partial charge in [-0.25, -0.2) is 0 Å². The second-order valence-corrected chi connectivity index (χ2v) is 4.86. The van der Waals surface area contributed by atoms with E-state index < -0.39 is 11.9 Å². The fraction of sp³-hybridized carbons (Fsp3) is 0.538. The van der Waals surface area contributed by atoms with Crippen molar-refractivity contribution in [2.75, 3.05) is 6.54 Å². The zero-order chi connectivity index (χ0) is 13.3. The number of carboxylic acid groups (broad SMARTS) is 1. The molecule has 5 heteroatoms. The number of hydrogen-bond acceptors (Lipinski definition) is 3. The molecule has 0 spiro atoms. The molecule has 1 aliphatic rings. The molecule has 0 radical (unpaired) electrons. The molecule has 5 nitrogen and oxygen atoms in total. The number of carbonyl (C=O) groups is 2. The predicted octanol–water partition coefficient (Wildman–Crippen LogP) is 1.91. The average molecular weight is 251 g/mol. The SMILES string of the molecule is Cc1ccoc1C(=O)N(CC(C)C(=O)O)C1CC1. The standard InChI is InChI=1S/C13H17NO4/c1-8-5-6-18-11(8)12(15)14(10-3-4-10)7-9(2)13(16)17/h5-6,9-10H,3-4,7H2,1-2H3,(H,16,17). The van der Waals surface area contributed by atoms with Crippen LogP contribution in [0.3, 0.4) is 0 Å². The normalized spacial score (nSPS) is 16.3. The van der Waals surface area contributed by atoms with Gasteiger partial charge < -0.3 is 14.4 Å². The largest absolute Gasteiger partial charge is 0.481 e. The molecule has 1 aromatic rings. The first-order valence-corrected chi connectivity index (χ1v) is 6.08. The van der Waals surface area contributed by atoms with Crippen LogP contribution in [0.1, 0.15) is 35.9 Å². The van der Waals surface area contributed by atoms with Crippen molar-refractivity contribution in [2.24, 2.45) is 5.92 Å². The third kappa shape index (κ3) is 2.55. The van der Waals surface area contributed by atoms with Gasteiger partial charge in [-0.1, -0.05) is 6.92 Å². The number of amides is 1. The Labute approximate surface area is 105 Å². The van der Waals surface area contributed by atoms with Crippen molar-refractivity contribution in [1.29, 1.82) is 0 Å². The van der Waals surface area contributed by atoms with E-state index in [2.05, 4.69) is 0 Å². The predicted molar refractivity (Wildman–Crippen MR) is 64.3 cm³/mol. The van der Waals surface area contributed by atoms with Crippen molar-refractivity contribution in [1.82, 2.24) is 4.90 Å². The highest BCUT2D eigenvalue weighted by Crippen LogP contribution is 2.29. The van der Waals surface area contributed by atoms with Crippen molar-refractivity contribution in [3.05, 3.63) is 23.7 Å². The molecule has 0 saturated heterocycles. The number of aliphatic carboxylic acids is 1. The lowest BCUT2D eigenvalue weighted by Gasteiger charge is -2.23. The quantitative estimate of drug-likeness (QED) is 0.867. The van der Waals surface area contributed by atoms with E-state index in [1.165, 1.54) is 6.26 Å². The van der Waals surface area contributed by atoms with Gasteiger partial charge in [-0.2, -0.15) is 0 Å². The third-order valence-corrected chi connectivity index (χ3v) is 3.20. The minimum absolute atomic E-state index is 0.170. The van der Waals surface area contributed by atoms with Crippen molar-refractivity contribution < 1.29 is 19.1 Å². The highest BCUT2D eigenvalue weighted by Gasteiger charge is 2.36. The van der Waals surface area contributed by atoms with Crippen LogP contribution in [-0.4, -0.2) is 34.5 Å². The second kappa shape index (κ2) is 4.84. The smallest absolute Gasteiger partial charge is 0.308 e. The highest BCUT2D eigenvalue weighted by molar-refractivity contribution is 5.93. The van der Waals surface area contributed by atoms with Crippen LogP contribution < -0.4 is 0 Å². The maximum Gasteiger partial charge on any atom is 0.308 e. The Balaban J connectivity index is 2.13. The van der Waals surface area contributed by atoms with Gasteiger partial charge >= 0.3 is 5.97 Å². The van der Waals surface area contributed by atoms with E-state index in [0.717, 1.165) is 18.4 Å². The molecule has 1 amide bonds. The second-order valence-electron chi connectivity index (χ2n) is 4.86. The van der Waals surface area contributed by atoms with Crippen LogP contribution in [0.5, 0.6) is 0 Å². The summed E-state index contributed by atoms with van der Waals surface area (Å²) in [5, 5.41) is 8.94. The summed E-state index contributed by atoms with van der Waals surface area (Å²) in [5.41, 5.74) is 0.786. The van der Waals surface area contributed by atoms with Crippen molar-refractivity contribution in [2.45, 2.75) is 32.7 Å². The number of nitrogens with zero attached hydrogens (tertiary/aromatic N) is 1. The summed E-state index contributed by atoms with van der Waals surface area (Å²) in [6.45, 7) is 3.65. The molecular weight excluding hydrogens is 234 g/mol. The summed E-state index contributed by atoms with van der Waals surface area (Å²) in [7, 11) is 0. The van der Waals surface area contributed by atoms with Gasteiger partial charge in [0, 0.05) is 18.2 Å². The lowest BCUT2D eigenvalue weighted by Crippen LogP contribution is -2.38. The molecule has 1 fully saturated rings. The number of carbonyl (C=O) groups excluding carboxylic acids is 1. The summed E-state index contributed by atoms with van der Waals surface area (Å²) in [4.78, 5) is 24.8. The van der Waals surface area contributed by atoms with Gasteiger partial charge in [0.15, 0.2) is 5.76 Å². The molecule has 2 rings (SSSR count). The van der Waals surface area contributed by atoms with Crippen LogP contribution in [0, 0.1) is 12.8 Å². The van der Waals surface area contributed by atoms with E-state index in [-0.39, 0.29) is 18.5 Å². The topological polar surface area (TPSA) is 70.8 Å². The first-order chi connectivity index (χ1) is 8.50. The van der Waals surface area contributed by atoms with Crippen LogP contribution in [0.15, 0.2) is 16.7 Å². The van der Waals surface area contributed by atoms with Gasteiger partial charge in [0.25, 0.3) is 5.91 Å². The van der Waals surface area contributed by atoms with E-state index in [9.17, 15) is 9.59 Å². The molecular formula is C13H17NO4. The molecule has 1 saturated carbocycles. The van der Waals surface area contributed by atoms with Crippen LogP contribution in [0.4, 0.5) is 0 Å². The first-order valence-electron chi connectivity index (χ1n) is 6.08. The Morgan fingerprint density at radius 3 is 2.67 bits per heavy atom. The molecule has 0 aliphatic heterocycles. The Bertz CT molecular complexity index is 461. The van der Waals surface area contributed by atoms with Crippen molar-refractivity contribution in [3.63, 3.8) is 0 Å². The van der Waals surface area contributed by atoms with Gasteiger partial charge in [-0.15, -0.1) is 0 Å². The van der Waals surface area contributed by atoms with Crippen LogP contribution in [0.2, 0.25) is 0 Å². The Hall–Kier alpha value is -1.78. The van der Waals surface area contributed by atoms with Gasteiger partial charge in [-0.3, -0.25) is 9.59 Å². The molecule has 0 bridgehead atoms. The Morgan fingerprint density at radius 1 is 1.56 bits per heavy atom. The fourth-order valence-electron chi connectivity index (χ4n) is 1.88. The van der Waals surface area contributed by atoms with Crippen LogP contribution in [0.25, 0.3) is 0 Å². The summed E-state index contributed by atoms with van der Waals surface area (Å²) < 4.78 is 5.19. The fourth-order valence-corrected chi connectivity index (χ4v) is 1.88. The molecule has 1 unspecified atom stereocenters. The van der Waals surface area contributed by atoms with E-state index >= 15 is 0 Å². The van der Waals surface area contributed by atoms with Crippen LogP contribution in [-0.2, 0) is 4.79 Å². The summed E-state index contributed by atoms with van der Waals surface area (Å²) in [5.74, 6) is -1.33.